The van der Waals surface area contributed by atoms with Crippen LogP contribution in [0.4, 0.5) is 5.82 Å². The molecule has 0 radical (unpaired) electrons. The lowest BCUT2D eigenvalue weighted by Gasteiger charge is -2.19. The lowest BCUT2D eigenvalue weighted by molar-refractivity contribution is -0.114. The van der Waals surface area contributed by atoms with E-state index >= 15 is 0 Å². The van der Waals surface area contributed by atoms with E-state index in [4.69, 9.17) is 25.0 Å². The van der Waals surface area contributed by atoms with Crippen molar-refractivity contribution in [3.05, 3.63) is 128 Å². The van der Waals surface area contributed by atoms with Gasteiger partial charge in [-0.15, -0.1) is 0 Å². The zero-order chi connectivity index (χ0) is 35.3. The van der Waals surface area contributed by atoms with Gasteiger partial charge in [-0.05, 0) is 61.2 Å². The minimum Gasteiger partial charge on any atom is -0.494 e. The van der Waals surface area contributed by atoms with E-state index in [0.29, 0.717) is 49.2 Å². The summed E-state index contributed by atoms with van der Waals surface area (Å²) in [6, 6.07) is 32.5. The summed E-state index contributed by atoms with van der Waals surface area (Å²) in [6.45, 7) is 6.34. The topological polar surface area (TPSA) is 155 Å². The van der Waals surface area contributed by atoms with Crippen molar-refractivity contribution >= 4 is 21.7 Å². The van der Waals surface area contributed by atoms with Crippen LogP contribution in [-0.2, 0) is 14.8 Å². The number of hydrogen-bond acceptors (Lipinski definition) is 10. The highest BCUT2D eigenvalue weighted by atomic mass is 32.2. The number of benzene rings is 3. The first kappa shape index (κ1) is 35.6. The Morgan fingerprint density at radius 2 is 1.62 bits per heavy atom. The molecule has 1 amide bonds. The van der Waals surface area contributed by atoms with Crippen molar-refractivity contribution in [1.29, 1.82) is 0 Å². The molecule has 0 aliphatic rings. The normalized spacial score (nSPS) is 11.6. The quantitative estimate of drug-likeness (QED) is 0.0425. The number of nitrogens with two attached hydrogens (primary N) is 1. The Morgan fingerprint density at radius 1 is 0.900 bits per heavy atom. The van der Waals surface area contributed by atoms with Crippen LogP contribution in [0, 0.1) is 0 Å². The summed E-state index contributed by atoms with van der Waals surface area (Å²) in [5.74, 6) is 6.50. The van der Waals surface area contributed by atoms with Gasteiger partial charge >= 0.3 is 0 Å². The van der Waals surface area contributed by atoms with Crippen molar-refractivity contribution < 1.29 is 27.4 Å². The summed E-state index contributed by atoms with van der Waals surface area (Å²) >= 11 is 0. The first-order valence-corrected chi connectivity index (χ1v) is 17.5. The smallest absolute Gasteiger partial charge is 0.266 e. The summed E-state index contributed by atoms with van der Waals surface area (Å²) in [4.78, 5) is 20.4. The van der Waals surface area contributed by atoms with Gasteiger partial charge in [-0.25, -0.2) is 29.0 Å². The van der Waals surface area contributed by atoms with Crippen LogP contribution >= 0.6 is 0 Å². The van der Waals surface area contributed by atoms with Crippen molar-refractivity contribution in [2.45, 2.75) is 30.6 Å². The van der Waals surface area contributed by atoms with E-state index in [-0.39, 0.29) is 22.2 Å². The Kier molecular flexibility index (Phi) is 12.2. The number of hydrazine groups is 1. The van der Waals surface area contributed by atoms with Gasteiger partial charge in [0.25, 0.3) is 15.9 Å². The number of amides is 1. The maximum Gasteiger partial charge on any atom is 0.266 e. The van der Waals surface area contributed by atoms with Gasteiger partial charge in [-0.1, -0.05) is 73.3 Å². The molecular formula is C38H39N5O6S. The van der Waals surface area contributed by atoms with Crippen LogP contribution in [0.15, 0.2) is 127 Å². The molecule has 2 aromatic heterocycles. The van der Waals surface area contributed by atoms with Crippen molar-refractivity contribution in [3.8, 4) is 39.8 Å². The molecule has 0 saturated heterocycles. The number of nitrogens with zero attached hydrogens (tertiary/aromatic N) is 2. The average molecular weight is 694 g/mol. The zero-order valence-corrected chi connectivity index (χ0v) is 28.4. The van der Waals surface area contributed by atoms with Crippen LogP contribution in [0.5, 0.6) is 17.4 Å². The van der Waals surface area contributed by atoms with Gasteiger partial charge in [0, 0.05) is 29.2 Å². The maximum absolute atomic E-state index is 13.2. The zero-order valence-electron chi connectivity index (χ0n) is 27.6. The van der Waals surface area contributed by atoms with Gasteiger partial charge in [0.1, 0.15) is 22.2 Å². The van der Waals surface area contributed by atoms with E-state index in [1.165, 1.54) is 6.07 Å². The van der Waals surface area contributed by atoms with Crippen molar-refractivity contribution in [2.75, 3.05) is 25.2 Å². The van der Waals surface area contributed by atoms with Crippen LogP contribution in [0.25, 0.3) is 22.4 Å². The molecule has 11 nitrogen and oxygen atoms in total. The van der Waals surface area contributed by atoms with Crippen molar-refractivity contribution in [3.63, 3.8) is 0 Å². The van der Waals surface area contributed by atoms with Crippen LogP contribution < -0.4 is 30.2 Å². The standard InChI is InChI=1S/C38H39N5O6S/c1-3-37(44)43-50(45,46)35-25-40-36(42-39)24-33(35)30-21-31(47-4-2)23-32(22-30)48-20-12-17-29(27-13-7-5-8-14-27)26-49-38-19-11-18-34(41-38)28-15-9-6-10-16-28/h3,5-11,13-16,18-19,21-25,29H,1,4,12,17,20,26,39H2,2H3,(H,40,42)(H,43,44). The van der Waals surface area contributed by atoms with Gasteiger partial charge in [-0.2, -0.15) is 0 Å². The van der Waals surface area contributed by atoms with Crippen molar-refractivity contribution in [1.82, 2.24) is 14.7 Å². The second-order valence-corrected chi connectivity index (χ2v) is 12.8. The number of nitrogen functional groups attached to an aromatic ring is 1. The number of pyridine rings is 2. The van der Waals surface area contributed by atoms with Gasteiger partial charge < -0.3 is 19.6 Å². The number of rotatable bonds is 17. The molecule has 1 atom stereocenters. The van der Waals surface area contributed by atoms with Gasteiger partial charge in [0.2, 0.25) is 5.88 Å². The Labute approximate surface area is 292 Å². The van der Waals surface area contributed by atoms with E-state index in [9.17, 15) is 13.2 Å². The lowest BCUT2D eigenvalue weighted by atomic mass is 9.95. The second kappa shape index (κ2) is 17.1. The van der Waals surface area contributed by atoms with E-state index in [0.717, 1.165) is 35.5 Å². The number of aromatic nitrogens is 2. The van der Waals surface area contributed by atoms with Crippen LogP contribution in [0.2, 0.25) is 0 Å². The molecule has 258 valence electrons. The Hall–Kier alpha value is -5.72. The molecule has 5 aromatic rings. The number of carbonyl (C=O) groups excluding carboxylic acids is 1. The predicted molar refractivity (Wildman–Crippen MR) is 193 cm³/mol. The summed E-state index contributed by atoms with van der Waals surface area (Å²) in [5, 5.41) is 0. The summed E-state index contributed by atoms with van der Waals surface area (Å²) in [5.41, 5.74) is 6.12. The van der Waals surface area contributed by atoms with Gasteiger partial charge in [-0.3, -0.25) is 4.79 Å². The molecule has 2 heterocycles. The number of nitrogens with one attached hydrogen (secondary N) is 2. The fraction of sp³-hybridized carbons (Fsp3) is 0.184. The highest BCUT2D eigenvalue weighted by Gasteiger charge is 2.23. The summed E-state index contributed by atoms with van der Waals surface area (Å²) < 4.78 is 46.5. The first-order valence-electron chi connectivity index (χ1n) is 16.1. The third kappa shape index (κ3) is 9.46. The third-order valence-corrected chi connectivity index (χ3v) is 9.06. The molecule has 0 bridgehead atoms. The molecule has 12 heteroatoms. The molecule has 0 spiro atoms. The number of ether oxygens (including phenoxy) is 3. The minimum absolute atomic E-state index is 0.0739. The predicted octanol–water partition coefficient (Wildman–Crippen LogP) is 6.51. The molecule has 0 aliphatic heterocycles. The van der Waals surface area contributed by atoms with E-state index < -0.39 is 15.9 Å². The molecule has 50 heavy (non-hydrogen) atoms. The first-order chi connectivity index (χ1) is 24.3. The Bertz CT molecular complexity index is 2010. The molecule has 0 fully saturated rings. The molecule has 4 N–H and O–H groups in total. The third-order valence-electron chi connectivity index (χ3n) is 7.69. The number of sulfonamides is 1. The number of carbonyl (C=O) groups is 1. The van der Waals surface area contributed by atoms with Crippen LogP contribution in [0.3, 0.4) is 0 Å². The molecule has 0 aliphatic carbocycles. The molecule has 0 saturated carbocycles. The summed E-state index contributed by atoms with van der Waals surface area (Å²) in [7, 11) is -4.31. The number of anilines is 1. The molecule has 5 rings (SSSR count). The van der Waals surface area contributed by atoms with E-state index in [2.05, 4.69) is 29.1 Å². The highest BCUT2D eigenvalue weighted by molar-refractivity contribution is 7.90. The maximum atomic E-state index is 13.2. The van der Waals surface area contributed by atoms with Gasteiger partial charge in [0.15, 0.2) is 0 Å². The van der Waals surface area contributed by atoms with Crippen LogP contribution in [-0.4, -0.2) is 44.1 Å². The average Bonchev–Trinajstić information content (AvgIpc) is 3.15. The van der Waals surface area contributed by atoms with Gasteiger partial charge in [0.05, 0.1) is 31.7 Å². The molecular weight excluding hydrogens is 655 g/mol. The summed E-state index contributed by atoms with van der Waals surface area (Å²) in [6.07, 6.45) is 3.45. The fourth-order valence-electron chi connectivity index (χ4n) is 5.29. The van der Waals surface area contributed by atoms with Crippen molar-refractivity contribution in [2.24, 2.45) is 5.84 Å². The monoisotopic (exact) mass is 693 g/mol. The fourth-order valence-corrected chi connectivity index (χ4v) is 6.41. The highest BCUT2D eigenvalue weighted by Crippen LogP contribution is 2.35. The van der Waals surface area contributed by atoms with E-state index in [1.807, 2.05) is 78.4 Å². The largest absolute Gasteiger partial charge is 0.494 e. The lowest BCUT2D eigenvalue weighted by Crippen LogP contribution is -2.29. The van der Waals surface area contributed by atoms with E-state index in [1.54, 1.807) is 18.2 Å². The SMILES string of the molecule is C=CC(=O)NS(=O)(=O)c1cnc(NN)cc1-c1cc(OCC)cc(OCCCC(COc2cccc(-c3ccccc3)n2)c2ccccc2)c1. The minimum atomic E-state index is -4.31. The van der Waals surface area contributed by atoms with Crippen LogP contribution in [0.1, 0.15) is 31.2 Å². The Balaban J connectivity index is 1.32. The second-order valence-electron chi connectivity index (χ2n) is 11.1. The molecule has 3 aromatic carbocycles. The Morgan fingerprint density at radius 3 is 2.32 bits per heavy atom. The molecule has 1 unspecified atom stereocenters. The number of hydrogen-bond donors (Lipinski definition) is 3.